The van der Waals surface area contributed by atoms with Crippen molar-refractivity contribution in [2.24, 2.45) is 11.8 Å². The first-order chi connectivity index (χ1) is 9.20. The van der Waals surface area contributed by atoms with Crippen LogP contribution in [0, 0.1) is 11.8 Å². The van der Waals surface area contributed by atoms with E-state index in [0.717, 1.165) is 23.9 Å². The molecular formula is C17H34N2. The van der Waals surface area contributed by atoms with Crippen molar-refractivity contribution in [2.45, 2.75) is 77.8 Å². The molecule has 4 unspecified atom stereocenters. The normalized spacial score (nSPS) is 37.4. The fourth-order valence-electron chi connectivity index (χ4n) is 4.03. The fourth-order valence-corrected chi connectivity index (χ4v) is 4.03. The first kappa shape index (κ1) is 15.3. The van der Waals surface area contributed by atoms with Crippen molar-refractivity contribution in [3.63, 3.8) is 0 Å². The molecule has 1 saturated heterocycles. The summed E-state index contributed by atoms with van der Waals surface area (Å²) in [5, 5.41) is 3.82. The third-order valence-corrected chi connectivity index (χ3v) is 5.31. The summed E-state index contributed by atoms with van der Waals surface area (Å²) in [6.07, 6.45) is 9.79. The molecule has 2 fully saturated rings. The van der Waals surface area contributed by atoms with Gasteiger partial charge in [-0.05, 0) is 70.4 Å². The summed E-state index contributed by atoms with van der Waals surface area (Å²) in [7, 11) is 0. The molecule has 0 bridgehead atoms. The van der Waals surface area contributed by atoms with Crippen LogP contribution in [0.25, 0.3) is 0 Å². The number of piperidine rings is 1. The molecule has 19 heavy (non-hydrogen) atoms. The Morgan fingerprint density at radius 1 is 1.11 bits per heavy atom. The van der Waals surface area contributed by atoms with Gasteiger partial charge in [-0.2, -0.15) is 0 Å². The SMILES string of the molecule is CCCNC1CCC(C)CC1CN1CCCCC1C. The highest BCUT2D eigenvalue weighted by Gasteiger charge is 2.31. The maximum Gasteiger partial charge on any atom is 0.0108 e. The van der Waals surface area contributed by atoms with Crippen molar-refractivity contribution in [2.75, 3.05) is 19.6 Å². The van der Waals surface area contributed by atoms with Gasteiger partial charge in [0.05, 0.1) is 0 Å². The van der Waals surface area contributed by atoms with Gasteiger partial charge in [0.15, 0.2) is 0 Å². The molecule has 2 aliphatic rings. The molecule has 0 spiro atoms. The lowest BCUT2D eigenvalue weighted by molar-refractivity contribution is 0.0959. The van der Waals surface area contributed by atoms with Crippen LogP contribution in [0.15, 0.2) is 0 Å². The molecule has 1 aliphatic carbocycles. The standard InChI is InChI=1S/C17H34N2/c1-4-10-18-17-9-8-14(2)12-16(17)13-19-11-6-5-7-15(19)3/h14-18H,4-13H2,1-3H3. The summed E-state index contributed by atoms with van der Waals surface area (Å²) in [5.41, 5.74) is 0. The van der Waals surface area contributed by atoms with E-state index in [4.69, 9.17) is 0 Å². The second-order valence-corrected chi connectivity index (χ2v) is 7.08. The summed E-state index contributed by atoms with van der Waals surface area (Å²) < 4.78 is 0. The van der Waals surface area contributed by atoms with Crippen molar-refractivity contribution in [3.8, 4) is 0 Å². The van der Waals surface area contributed by atoms with Gasteiger partial charge in [-0.3, -0.25) is 0 Å². The van der Waals surface area contributed by atoms with Gasteiger partial charge < -0.3 is 10.2 Å². The number of likely N-dealkylation sites (tertiary alicyclic amines) is 1. The average molecular weight is 266 g/mol. The monoisotopic (exact) mass is 266 g/mol. The molecule has 1 heterocycles. The molecule has 0 aromatic heterocycles. The van der Waals surface area contributed by atoms with E-state index in [2.05, 4.69) is 31.0 Å². The predicted molar refractivity (Wildman–Crippen MR) is 83.5 cm³/mol. The Balaban J connectivity index is 1.88. The van der Waals surface area contributed by atoms with Gasteiger partial charge in [0.2, 0.25) is 0 Å². The first-order valence-corrected chi connectivity index (χ1v) is 8.68. The number of hydrogen-bond acceptors (Lipinski definition) is 2. The minimum atomic E-state index is 0.783. The third kappa shape index (κ3) is 4.46. The Hall–Kier alpha value is -0.0800. The van der Waals surface area contributed by atoms with Crippen molar-refractivity contribution < 1.29 is 0 Å². The Bertz CT molecular complexity index is 252. The zero-order chi connectivity index (χ0) is 13.7. The van der Waals surface area contributed by atoms with Gasteiger partial charge in [0.1, 0.15) is 0 Å². The fraction of sp³-hybridized carbons (Fsp3) is 1.00. The molecule has 2 nitrogen and oxygen atoms in total. The van der Waals surface area contributed by atoms with Crippen molar-refractivity contribution >= 4 is 0 Å². The summed E-state index contributed by atoms with van der Waals surface area (Å²) >= 11 is 0. The van der Waals surface area contributed by atoms with E-state index in [1.807, 2.05) is 0 Å². The molecule has 0 radical (unpaired) electrons. The molecule has 1 N–H and O–H groups in total. The lowest BCUT2D eigenvalue weighted by atomic mass is 9.78. The lowest BCUT2D eigenvalue weighted by Gasteiger charge is -2.42. The van der Waals surface area contributed by atoms with Crippen LogP contribution in [-0.4, -0.2) is 36.6 Å². The van der Waals surface area contributed by atoms with Crippen LogP contribution in [0.1, 0.15) is 65.7 Å². The van der Waals surface area contributed by atoms with Crippen LogP contribution >= 0.6 is 0 Å². The van der Waals surface area contributed by atoms with Gasteiger partial charge in [-0.15, -0.1) is 0 Å². The highest BCUT2D eigenvalue weighted by Crippen LogP contribution is 2.31. The third-order valence-electron chi connectivity index (χ3n) is 5.31. The molecule has 4 atom stereocenters. The molecule has 0 amide bonds. The second-order valence-electron chi connectivity index (χ2n) is 7.08. The number of nitrogens with one attached hydrogen (secondary N) is 1. The number of hydrogen-bond donors (Lipinski definition) is 1. The molecule has 0 aromatic rings. The van der Waals surface area contributed by atoms with Gasteiger partial charge in [-0.1, -0.05) is 20.3 Å². The maximum atomic E-state index is 3.82. The zero-order valence-corrected chi connectivity index (χ0v) is 13.3. The lowest BCUT2D eigenvalue weighted by Crippen LogP contribution is -2.48. The number of rotatable bonds is 5. The Labute approximate surface area is 120 Å². The molecule has 1 saturated carbocycles. The zero-order valence-electron chi connectivity index (χ0n) is 13.3. The predicted octanol–water partition coefficient (Wildman–Crippen LogP) is 3.67. The van der Waals surface area contributed by atoms with E-state index in [-0.39, 0.29) is 0 Å². The topological polar surface area (TPSA) is 15.3 Å². The summed E-state index contributed by atoms with van der Waals surface area (Å²) in [6, 6.07) is 1.60. The quantitative estimate of drug-likeness (QED) is 0.817. The Morgan fingerprint density at radius 3 is 2.68 bits per heavy atom. The highest BCUT2D eigenvalue weighted by molar-refractivity contribution is 4.87. The van der Waals surface area contributed by atoms with Gasteiger partial charge >= 0.3 is 0 Å². The maximum absolute atomic E-state index is 3.82. The van der Waals surface area contributed by atoms with Gasteiger partial charge in [-0.25, -0.2) is 0 Å². The largest absolute Gasteiger partial charge is 0.314 e. The van der Waals surface area contributed by atoms with Crippen LogP contribution in [0.3, 0.4) is 0 Å². The van der Waals surface area contributed by atoms with E-state index in [1.165, 1.54) is 64.6 Å². The molecular weight excluding hydrogens is 232 g/mol. The van der Waals surface area contributed by atoms with E-state index < -0.39 is 0 Å². The second kappa shape index (κ2) is 7.64. The number of nitrogens with zero attached hydrogens (tertiary/aromatic N) is 1. The van der Waals surface area contributed by atoms with E-state index in [9.17, 15) is 0 Å². The molecule has 0 aromatic carbocycles. The average Bonchev–Trinajstić information content (AvgIpc) is 2.40. The van der Waals surface area contributed by atoms with E-state index in [1.54, 1.807) is 0 Å². The molecule has 112 valence electrons. The van der Waals surface area contributed by atoms with Gasteiger partial charge in [0.25, 0.3) is 0 Å². The summed E-state index contributed by atoms with van der Waals surface area (Å²) in [4.78, 5) is 2.77. The van der Waals surface area contributed by atoms with Gasteiger partial charge in [0, 0.05) is 18.6 Å². The smallest absolute Gasteiger partial charge is 0.0108 e. The van der Waals surface area contributed by atoms with Crippen molar-refractivity contribution in [3.05, 3.63) is 0 Å². The Morgan fingerprint density at radius 2 is 1.95 bits per heavy atom. The minimum Gasteiger partial charge on any atom is -0.314 e. The molecule has 2 rings (SSSR count). The minimum absolute atomic E-state index is 0.783. The van der Waals surface area contributed by atoms with Crippen LogP contribution in [0.5, 0.6) is 0 Å². The summed E-state index contributed by atoms with van der Waals surface area (Å²) in [6.45, 7) is 11.0. The first-order valence-electron chi connectivity index (χ1n) is 8.68. The van der Waals surface area contributed by atoms with Crippen LogP contribution in [0.4, 0.5) is 0 Å². The van der Waals surface area contributed by atoms with E-state index >= 15 is 0 Å². The van der Waals surface area contributed by atoms with Crippen LogP contribution in [-0.2, 0) is 0 Å². The Kier molecular flexibility index (Phi) is 6.15. The summed E-state index contributed by atoms with van der Waals surface area (Å²) in [5.74, 6) is 1.82. The highest BCUT2D eigenvalue weighted by atomic mass is 15.2. The van der Waals surface area contributed by atoms with Crippen LogP contribution in [0.2, 0.25) is 0 Å². The molecule has 1 aliphatic heterocycles. The molecule has 2 heteroatoms. The van der Waals surface area contributed by atoms with Crippen molar-refractivity contribution in [1.82, 2.24) is 10.2 Å². The van der Waals surface area contributed by atoms with Crippen molar-refractivity contribution in [1.29, 1.82) is 0 Å². The van der Waals surface area contributed by atoms with Crippen LogP contribution < -0.4 is 5.32 Å². The van der Waals surface area contributed by atoms with E-state index in [0.29, 0.717) is 0 Å².